The van der Waals surface area contributed by atoms with Crippen molar-refractivity contribution in [3.05, 3.63) is 11.4 Å². The molecule has 0 amide bonds. The molecule has 1 aromatic rings. The predicted molar refractivity (Wildman–Crippen MR) is 85.6 cm³/mol. The lowest BCUT2D eigenvalue weighted by molar-refractivity contribution is 0.563. The van der Waals surface area contributed by atoms with Crippen molar-refractivity contribution in [3.8, 4) is 0 Å². The van der Waals surface area contributed by atoms with E-state index in [0.29, 0.717) is 17.9 Å². The minimum Gasteiger partial charge on any atom is -0.373 e. The van der Waals surface area contributed by atoms with Gasteiger partial charge in [0.1, 0.15) is 17.5 Å². The highest BCUT2D eigenvalue weighted by Crippen LogP contribution is 2.40. The molecule has 0 atom stereocenters. The second kappa shape index (κ2) is 5.98. The Morgan fingerprint density at radius 2 is 1.85 bits per heavy atom. The van der Waals surface area contributed by atoms with Crippen LogP contribution < -0.4 is 10.2 Å². The lowest BCUT2D eigenvalue weighted by Crippen LogP contribution is -2.35. The molecule has 4 heteroatoms. The summed E-state index contributed by atoms with van der Waals surface area (Å²) in [6.07, 6.45) is 2.47. The number of rotatable bonds is 6. The summed E-state index contributed by atoms with van der Waals surface area (Å²) >= 11 is 0. The van der Waals surface area contributed by atoms with Crippen LogP contribution in [-0.4, -0.2) is 29.6 Å². The van der Waals surface area contributed by atoms with Gasteiger partial charge in [0, 0.05) is 31.1 Å². The van der Waals surface area contributed by atoms with E-state index in [4.69, 9.17) is 4.98 Å². The molecular formula is C16H28N4. The van der Waals surface area contributed by atoms with E-state index in [-0.39, 0.29) is 0 Å². The highest BCUT2D eigenvalue weighted by atomic mass is 15.2. The molecule has 0 aromatic carbocycles. The summed E-state index contributed by atoms with van der Waals surface area (Å²) in [6, 6.07) is 0.447. The Balaban J connectivity index is 2.43. The number of aromatic nitrogens is 2. The molecule has 1 heterocycles. The molecule has 1 N–H and O–H groups in total. The van der Waals surface area contributed by atoms with Crippen molar-refractivity contribution in [2.75, 3.05) is 23.8 Å². The molecule has 0 unspecified atom stereocenters. The van der Waals surface area contributed by atoms with Crippen LogP contribution in [0.4, 0.5) is 11.6 Å². The Morgan fingerprint density at radius 1 is 1.20 bits per heavy atom. The SMILES string of the molecule is CNc1nc(C2CC2)nc(N(CC(C)C)C(C)C)c1C. The maximum Gasteiger partial charge on any atom is 0.137 e. The number of nitrogens with one attached hydrogen (secondary N) is 1. The Hall–Kier alpha value is -1.32. The molecule has 1 fully saturated rings. The van der Waals surface area contributed by atoms with Gasteiger partial charge in [-0.15, -0.1) is 0 Å². The van der Waals surface area contributed by atoms with Crippen LogP contribution in [0.15, 0.2) is 0 Å². The average Bonchev–Trinajstić information content (AvgIpc) is 3.20. The van der Waals surface area contributed by atoms with E-state index in [1.165, 1.54) is 12.8 Å². The number of hydrogen-bond donors (Lipinski definition) is 1. The van der Waals surface area contributed by atoms with Gasteiger partial charge < -0.3 is 10.2 Å². The van der Waals surface area contributed by atoms with E-state index >= 15 is 0 Å². The van der Waals surface area contributed by atoms with Gasteiger partial charge in [-0.25, -0.2) is 9.97 Å². The normalized spacial score (nSPS) is 15.0. The van der Waals surface area contributed by atoms with Gasteiger partial charge in [0.25, 0.3) is 0 Å². The third-order valence-corrected chi connectivity index (χ3v) is 3.77. The van der Waals surface area contributed by atoms with Crippen LogP contribution in [0.2, 0.25) is 0 Å². The fraction of sp³-hybridized carbons (Fsp3) is 0.750. The largest absolute Gasteiger partial charge is 0.373 e. The van der Waals surface area contributed by atoms with E-state index in [1.54, 1.807) is 0 Å². The first-order valence-corrected chi connectivity index (χ1v) is 7.77. The molecule has 1 aromatic heterocycles. The second-order valence-electron chi connectivity index (χ2n) is 6.54. The molecule has 0 saturated heterocycles. The quantitative estimate of drug-likeness (QED) is 0.862. The lowest BCUT2D eigenvalue weighted by atomic mass is 10.1. The van der Waals surface area contributed by atoms with E-state index in [2.05, 4.69) is 49.8 Å². The second-order valence-corrected chi connectivity index (χ2v) is 6.54. The molecule has 0 bridgehead atoms. The van der Waals surface area contributed by atoms with E-state index in [1.807, 2.05) is 7.05 Å². The fourth-order valence-electron chi connectivity index (χ4n) is 2.50. The molecule has 0 spiro atoms. The molecule has 0 aliphatic heterocycles. The van der Waals surface area contributed by atoms with E-state index in [9.17, 15) is 0 Å². The van der Waals surface area contributed by atoms with Gasteiger partial charge >= 0.3 is 0 Å². The van der Waals surface area contributed by atoms with Crippen LogP contribution in [0.3, 0.4) is 0 Å². The van der Waals surface area contributed by atoms with Crippen LogP contribution in [0.25, 0.3) is 0 Å². The van der Waals surface area contributed by atoms with Crippen molar-refractivity contribution in [1.82, 2.24) is 9.97 Å². The fourth-order valence-corrected chi connectivity index (χ4v) is 2.50. The first kappa shape index (κ1) is 15.1. The maximum atomic E-state index is 4.89. The third kappa shape index (κ3) is 3.22. The highest BCUT2D eigenvalue weighted by Gasteiger charge is 2.29. The van der Waals surface area contributed by atoms with E-state index in [0.717, 1.165) is 29.6 Å². The van der Waals surface area contributed by atoms with Crippen LogP contribution in [0.5, 0.6) is 0 Å². The number of anilines is 2. The standard InChI is InChI=1S/C16H28N4/c1-10(2)9-20(11(3)4)16-12(5)14(17-6)18-15(19-16)13-7-8-13/h10-11,13H,7-9H2,1-6H3,(H,17,18,19). The monoisotopic (exact) mass is 276 g/mol. The van der Waals surface area contributed by atoms with Crippen molar-refractivity contribution in [2.24, 2.45) is 5.92 Å². The molecule has 112 valence electrons. The van der Waals surface area contributed by atoms with E-state index < -0.39 is 0 Å². The summed E-state index contributed by atoms with van der Waals surface area (Å²) < 4.78 is 0. The van der Waals surface area contributed by atoms with Crippen molar-refractivity contribution in [1.29, 1.82) is 0 Å². The van der Waals surface area contributed by atoms with Crippen LogP contribution >= 0.6 is 0 Å². The zero-order valence-corrected chi connectivity index (χ0v) is 13.7. The summed E-state index contributed by atoms with van der Waals surface area (Å²) in [6.45, 7) is 12.1. The molecule has 1 aliphatic carbocycles. The smallest absolute Gasteiger partial charge is 0.137 e. The molecule has 2 rings (SSSR count). The molecular weight excluding hydrogens is 248 g/mol. The summed E-state index contributed by atoms with van der Waals surface area (Å²) in [5.41, 5.74) is 1.16. The van der Waals surface area contributed by atoms with Gasteiger partial charge in [0.05, 0.1) is 0 Å². The summed E-state index contributed by atoms with van der Waals surface area (Å²) in [7, 11) is 1.94. The lowest BCUT2D eigenvalue weighted by Gasteiger charge is -2.31. The minimum atomic E-state index is 0.447. The Morgan fingerprint density at radius 3 is 2.30 bits per heavy atom. The zero-order valence-electron chi connectivity index (χ0n) is 13.7. The van der Waals surface area contributed by atoms with Gasteiger partial charge in [0.15, 0.2) is 0 Å². The molecule has 1 aliphatic rings. The van der Waals surface area contributed by atoms with Crippen LogP contribution in [-0.2, 0) is 0 Å². The Kier molecular flexibility index (Phi) is 4.51. The summed E-state index contributed by atoms with van der Waals surface area (Å²) in [5, 5.41) is 3.23. The van der Waals surface area contributed by atoms with Gasteiger partial charge in [-0.3, -0.25) is 0 Å². The number of nitrogens with zero attached hydrogens (tertiary/aromatic N) is 3. The highest BCUT2D eigenvalue weighted by molar-refractivity contribution is 5.59. The van der Waals surface area contributed by atoms with Gasteiger partial charge in [-0.05, 0) is 39.5 Å². The minimum absolute atomic E-state index is 0.447. The topological polar surface area (TPSA) is 41.1 Å². The molecule has 1 saturated carbocycles. The summed E-state index contributed by atoms with van der Waals surface area (Å²) in [4.78, 5) is 12.0. The van der Waals surface area contributed by atoms with Crippen LogP contribution in [0.1, 0.15) is 57.8 Å². The summed E-state index contributed by atoms with van der Waals surface area (Å²) in [5.74, 6) is 4.30. The first-order valence-electron chi connectivity index (χ1n) is 7.77. The maximum absolute atomic E-state index is 4.89. The van der Waals surface area contributed by atoms with Gasteiger partial charge in [0.2, 0.25) is 0 Å². The van der Waals surface area contributed by atoms with Gasteiger partial charge in [-0.1, -0.05) is 13.8 Å². The van der Waals surface area contributed by atoms with Crippen molar-refractivity contribution >= 4 is 11.6 Å². The zero-order chi connectivity index (χ0) is 14.9. The third-order valence-electron chi connectivity index (χ3n) is 3.77. The molecule has 0 radical (unpaired) electrons. The molecule has 4 nitrogen and oxygen atoms in total. The van der Waals surface area contributed by atoms with Gasteiger partial charge in [-0.2, -0.15) is 0 Å². The van der Waals surface area contributed by atoms with Crippen molar-refractivity contribution in [3.63, 3.8) is 0 Å². The van der Waals surface area contributed by atoms with Crippen molar-refractivity contribution in [2.45, 2.75) is 59.4 Å². The Labute approximate surface area is 123 Å². The van der Waals surface area contributed by atoms with Crippen molar-refractivity contribution < 1.29 is 0 Å². The predicted octanol–water partition coefficient (Wildman–Crippen LogP) is 3.57. The first-order chi connectivity index (χ1) is 9.43. The van der Waals surface area contributed by atoms with Crippen LogP contribution in [0, 0.1) is 12.8 Å². The average molecular weight is 276 g/mol. The molecule has 20 heavy (non-hydrogen) atoms. The Bertz CT molecular complexity index is 464. The number of hydrogen-bond acceptors (Lipinski definition) is 4.